The van der Waals surface area contributed by atoms with Gasteiger partial charge in [0.15, 0.2) is 5.69 Å². The highest BCUT2D eigenvalue weighted by molar-refractivity contribution is 5.97. The first-order valence-electron chi connectivity index (χ1n) is 14.2. The van der Waals surface area contributed by atoms with Crippen molar-refractivity contribution in [2.24, 2.45) is 5.92 Å². The topological polar surface area (TPSA) is 167 Å². The van der Waals surface area contributed by atoms with Crippen molar-refractivity contribution in [1.82, 2.24) is 26.0 Å². The molecule has 1 heterocycles. The second-order valence-corrected chi connectivity index (χ2v) is 10.7. The number of unbranched alkanes of at least 4 members (excludes halogenated alkanes) is 1. The lowest BCUT2D eigenvalue weighted by atomic mass is 10.1. The maximum atomic E-state index is 13.2. The average Bonchev–Trinajstić information content (AvgIpc) is 3.42. The molecule has 1 aromatic heterocycles. The van der Waals surface area contributed by atoms with Crippen LogP contribution in [0.25, 0.3) is 0 Å². The summed E-state index contributed by atoms with van der Waals surface area (Å²) in [5.74, 6) is -1.48. The number of nitrogens with zero attached hydrogens (tertiary/aromatic N) is 3. The molecule has 0 aliphatic rings. The third kappa shape index (κ3) is 11.7. The first kappa shape index (κ1) is 34.7. The molecule has 0 saturated carbocycles. The minimum atomic E-state index is -1.09. The van der Waals surface area contributed by atoms with Crippen LogP contribution in [-0.4, -0.2) is 73.1 Å². The average molecular weight is 595 g/mol. The number of amides is 4. The number of methoxy groups -OCH3 is 1. The Morgan fingerprint density at radius 3 is 2.35 bits per heavy atom. The molecule has 2 atom stereocenters. The molecule has 0 aliphatic carbocycles. The molecular formula is C31H42N6O6. The molecule has 43 heavy (non-hydrogen) atoms. The zero-order chi connectivity index (χ0) is 31.9. The van der Waals surface area contributed by atoms with Crippen LogP contribution in [0.3, 0.4) is 0 Å². The monoisotopic (exact) mass is 594 g/mol. The Hall–Kier alpha value is -4.50. The highest BCUT2D eigenvalue weighted by atomic mass is 16.5. The second kappa shape index (κ2) is 17.5. The van der Waals surface area contributed by atoms with Crippen LogP contribution in [0.2, 0.25) is 0 Å². The first-order chi connectivity index (χ1) is 20.4. The molecule has 1 aromatic carbocycles. The Balaban J connectivity index is 2.08. The number of aromatic nitrogens is 1. The minimum Gasteiger partial charge on any atom is -0.382 e. The fourth-order valence-corrected chi connectivity index (χ4v) is 4.11. The van der Waals surface area contributed by atoms with Crippen LogP contribution in [0.15, 0.2) is 46.5 Å². The molecule has 3 N–H and O–H groups in total. The van der Waals surface area contributed by atoms with E-state index in [1.165, 1.54) is 18.1 Å². The number of carbonyl (C=O) groups is 4. The Morgan fingerprint density at radius 2 is 1.77 bits per heavy atom. The number of allylic oxidation sites excluding steroid dienone is 1. The summed E-state index contributed by atoms with van der Waals surface area (Å²) in [7, 11) is 3.01. The Labute approximate surface area is 252 Å². The van der Waals surface area contributed by atoms with Crippen molar-refractivity contribution in [3.05, 3.63) is 64.6 Å². The molecule has 12 nitrogen and oxygen atoms in total. The fourth-order valence-electron chi connectivity index (χ4n) is 4.11. The third-order valence-electron chi connectivity index (χ3n) is 6.47. The number of nitrogens with one attached hydrogen (secondary N) is 3. The molecule has 2 unspecified atom stereocenters. The van der Waals surface area contributed by atoms with Gasteiger partial charge in [0.1, 0.15) is 29.5 Å². The summed E-state index contributed by atoms with van der Waals surface area (Å²) >= 11 is 0. The van der Waals surface area contributed by atoms with Crippen molar-refractivity contribution < 1.29 is 28.4 Å². The lowest BCUT2D eigenvalue weighted by Crippen LogP contribution is -2.55. The van der Waals surface area contributed by atoms with Gasteiger partial charge in [-0.3, -0.25) is 19.2 Å². The minimum absolute atomic E-state index is 0.0141. The number of aryl methyl sites for hydroxylation is 2. The van der Waals surface area contributed by atoms with Gasteiger partial charge in [-0.05, 0) is 44.6 Å². The first-order valence-corrected chi connectivity index (χ1v) is 14.2. The van der Waals surface area contributed by atoms with E-state index in [4.69, 9.17) is 9.26 Å². The molecule has 12 heteroatoms. The standard InChI is InChI=1S/C31H42N6O6/c1-20(2)15-24(17-32)31(41)37(5)14-8-7-9-25(28(38)33-18-23-12-10-21(3)11-13-23)34-30(40)27(19-42-6)35-29(39)26-16-22(4)43-36-26/h10-13,15-16,20,25,27H,7-9,14,18-19H2,1-6H3,(H,33,38)(H,34,40)(H,35,39). The van der Waals surface area contributed by atoms with E-state index in [9.17, 15) is 24.4 Å². The lowest BCUT2D eigenvalue weighted by molar-refractivity contribution is -0.130. The number of rotatable bonds is 16. The molecule has 0 aliphatic heterocycles. The van der Waals surface area contributed by atoms with E-state index >= 15 is 0 Å². The van der Waals surface area contributed by atoms with E-state index < -0.39 is 23.9 Å². The highest BCUT2D eigenvalue weighted by Gasteiger charge is 2.28. The highest BCUT2D eigenvalue weighted by Crippen LogP contribution is 2.10. The Kier molecular flexibility index (Phi) is 14.1. The van der Waals surface area contributed by atoms with Gasteiger partial charge in [-0.15, -0.1) is 0 Å². The van der Waals surface area contributed by atoms with E-state index in [1.54, 1.807) is 20.0 Å². The number of hydrogen-bond donors (Lipinski definition) is 3. The van der Waals surface area contributed by atoms with Gasteiger partial charge in [0.2, 0.25) is 11.8 Å². The molecule has 0 bridgehead atoms. The SMILES string of the molecule is COCC(NC(=O)c1cc(C)on1)C(=O)NC(CCCCN(C)C(=O)C(C#N)=CC(C)C)C(=O)NCc1ccc(C)cc1. The maximum absolute atomic E-state index is 13.2. The van der Waals surface area contributed by atoms with E-state index in [1.807, 2.05) is 51.1 Å². The second-order valence-electron chi connectivity index (χ2n) is 10.7. The third-order valence-corrected chi connectivity index (χ3v) is 6.47. The molecule has 0 fully saturated rings. The van der Waals surface area contributed by atoms with Gasteiger partial charge in [-0.1, -0.05) is 54.9 Å². The van der Waals surface area contributed by atoms with Crippen LogP contribution >= 0.6 is 0 Å². The Bertz CT molecular complexity index is 1310. The molecule has 0 spiro atoms. The van der Waals surface area contributed by atoms with Crippen molar-refractivity contribution >= 4 is 23.6 Å². The van der Waals surface area contributed by atoms with Crippen LogP contribution in [0.1, 0.15) is 60.5 Å². The van der Waals surface area contributed by atoms with Crippen molar-refractivity contribution in [2.45, 2.75) is 65.6 Å². The van der Waals surface area contributed by atoms with E-state index in [2.05, 4.69) is 21.1 Å². The van der Waals surface area contributed by atoms with Gasteiger partial charge in [0, 0.05) is 33.3 Å². The molecule has 2 aromatic rings. The summed E-state index contributed by atoms with van der Waals surface area (Å²) in [5, 5.41) is 21.2. The van der Waals surface area contributed by atoms with Gasteiger partial charge in [-0.25, -0.2) is 0 Å². The van der Waals surface area contributed by atoms with Crippen molar-refractivity contribution in [1.29, 1.82) is 5.26 Å². The summed E-state index contributed by atoms with van der Waals surface area (Å²) in [5.41, 5.74) is 2.10. The molecule has 0 radical (unpaired) electrons. The largest absolute Gasteiger partial charge is 0.382 e. The van der Waals surface area contributed by atoms with Crippen LogP contribution in [0, 0.1) is 31.1 Å². The molecular weight excluding hydrogens is 552 g/mol. The smallest absolute Gasteiger partial charge is 0.274 e. The van der Waals surface area contributed by atoms with E-state index in [-0.39, 0.29) is 48.6 Å². The molecule has 232 valence electrons. The zero-order valence-electron chi connectivity index (χ0n) is 25.7. The van der Waals surface area contributed by atoms with Gasteiger partial charge >= 0.3 is 0 Å². The Morgan fingerprint density at radius 1 is 1.07 bits per heavy atom. The van der Waals surface area contributed by atoms with E-state index in [0.29, 0.717) is 25.1 Å². The van der Waals surface area contributed by atoms with Crippen LogP contribution in [-0.2, 0) is 25.7 Å². The number of nitriles is 1. The number of hydrogen-bond acceptors (Lipinski definition) is 8. The molecule has 4 amide bonds. The van der Waals surface area contributed by atoms with Gasteiger partial charge in [0.25, 0.3) is 11.8 Å². The predicted molar refractivity (Wildman–Crippen MR) is 159 cm³/mol. The van der Waals surface area contributed by atoms with Crippen molar-refractivity contribution in [3.63, 3.8) is 0 Å². The molecule has 2 rings (SSSR count). The maximum Gasteiger partial charge on any atom is 0.274 e. The summed E-state index contributed by atoms with van der Waals surface area (Å²) in [4.78, 5) is 53.2. The van der Waals surface area contributed by atoms with Crippen LogP contribution in [0.4, 0.5) is 0 Å². The summed E-state index contributed by atoms with van der Waals surface area (Å²) in [6.45, 7) is 7.89. The zero-order valence-corrected chi connectivity index (χ0v) is 25.7. The summed E-state index contributed by atoms with van der Waals surface area (Å²) in [6.07, 6.45) is 2.93. The van der Waals surface area contributed by atoms with Gasteiger partial charge < -0.3 is 30.1 Å². The lowest BCUT2D eigenvalue weighted by Gasteiger charge is -2.23. The van der Waals surface area contributed by atoms with Gasteiger partial charge in [0.05, 0.1) is 6.61 Å². The van der Waals surface area contributed by atoms with Crippen LogP contribution < -0.4 is 16.0 Å². The van der Waals surface area contributed by atoms with Crippen LogP contribution in [0.5, 0.6) is 0 Å². The quantitative estimate of drug-likeness (QED) is 0.151. The normalized spacial score (nSPS) is 12.7. The summed E-state index contributed by atoms with van der Waals surface area (Å²) < 4.78 is 10.1. The number of ether oxygens (including phenoxy) is 1. The fraction of sp³-hybridized carbons (Fsp3) is 0.484. The summed E-state index contributed by atoms with van der Waals surface area (Å²) in [6, 6.07) is 9.10. The van der Waals surface area contributed by atoms with Crippen molar-refractivity contribution in [3.8, 4) is 6.07 Å². The predicted octanol–water partition coefficient (Wildman–Crippen LogP) is 2.57. The number of likely N-dealkylation sites (N-methyl/N-ethyl adjacent to an activating group) is 1. The van der Waals surface area contributed by atoms with Gasteiger partial charge in [-0.2, -0.15) is 5.26 Å². The van der Waals surface area contributed by atoms with Crippen molar-refractivity contribution in [2.75, 3.05) is 27.3 Å². The molecule has 0 saturated heterocycles. The van der Waals surface area contributed by atoms with E-state index in [0.717, 1.165) is 11.1 Å². The number of benzene rings is 1. The number of carbonyl (C=O) groups excluding carboxylic acids is 4.